The van der Waals surface area contributed by atoms with Crippen LogP contribution in [0.3, 0.4) is 0 Å². The van der Waals surface area contributed by atoms with E-state index in [9.17, 15) is 0 Å². The summed E-state index contributed by atoms with van der Waals surface area (Å²) in [6.07, 6.45) is 4.24. The topological polar surface area (TPSA) is 78.5 Å². The number of aromatic nitrogens is 4. The van der Waals surface area contributed by atoms with Gasteiger partial charge in [0.1, 0.15) is 5.52 Å². The van der Waals surface area contributed by atoms with E-state index in [4.69, 9.17) is 0 Å². The van der Waals surface area contributed by atoms with Crippen LogP contribution in [0, 0.1) is 5.92 Å². The monoisotopic (exact) mass is 260 g/mol. The maximum Gasteiger partial charge on any atom is 0.226 e. The standard InChI is InChI=1S/C13H20N6/c1-4-14-12-17-10-9(15-7-16-10)11(18-12)19-13(2,3)8-5-6-8/h7-8H,4-6H2,1-3H3,(H3,14,15,16,17,18,19). The molecular formula is C13H20N6. The van der Waals surface area contributed by atoms with E-state index in [0.717, 1.165) is 23.8 Å². The molecule has 0 aromatic carbocycles. The molecular weight excluding hydrogens is 240 g/mol. The van der Waals surface area contributed by atoms with Crippen LogP contribution in [0.2, 0.25) is 0 Å². The number of nitrogens with zero attached hydrogens (tertiary/aromatic N) is 3. The minimum absolute atomic E-state index is 0.0515. The predicted molar refractivity (Wildman–Crippen MR) is 76.3 cm³/mol. The largest absolute Gasteiger partial charge is 0.363 e. The smallest absolute Gasteiger partial charge is 0.226 e. The van der Waals surface area contributed by atoms with E-state index in [-0.39, 0.29) is 5.54 Å². The Bertz CT molecular complexity index is 584. The quantitative estimate of drug-likeness (QED) is 0.769. The van der Waals surface area contributed by atoms with Crippen LogP contribution in [0.25, 0.3) is 11.2 Å². The third kappa shape index (κ3) is 2.34. The summed E-state index contributed by atoms with van der Waals surface area (Å²) in [6.45, 7) is 7.27. The number of H-pyrrole nitrogens is 1. The number of rotatable bonds is 5. The van der Waals surface area contributed by atoms with Crippen LogP contribution in [0.15, 0.2) is 6.33 Å². The summed E-state index contributed by atoms with van der Waals surface area (Å²) in [5.41, 5.74) is 1.62. The highest BCUT2D eigenvalue weighted by Gasteiger charge is 2.38. The van der Waals surface area contributed by atoms with Crippen molar-refractivity contribution in [3.8, 4) is 0 Å². The minimum atomic E-state index is 0.0515. The Kier molecular flexibility index (Phi) is 2.80. The molecule has 19 heavy (non-hydrogen) atoms. The van der Waals surface area contributed by atoms with Gasteiger partial charge in [-0.1, -0.05) is 0 Å². The number of nitrogens with one attached hydrogen (secondary N) is 3. The second-order valence-corrected chi connectivity index (χ2v) is 5.65. The van der Waals surface area contributed by atoms with Crippen LogP contribution in [0.1, 0.15) is 33.6 Å². The molecule has 2 aromatic rings. The van der Waals surface area contributed by atoms with Crippen molar-refractivity contribution in [2.45, 2.75) is 39.2 Å². The van der Waals surface area contributed by atoms with E-state index in [1.165, 1.54) is 12.8 Å². The van der Waals surface area contributed by atoms with E-state index in [2.05, 4.69) is 44.4 Å². The molecule has 1 aliphatic rings. The van der Waals surface area contributed by atoms with Crippen LogP contribution in [-0.4, -0.2) is 32.0 Å². The van der Waals surface area contributed by atoms with Crippen LogP contribution >= 0.6 is 0 Å². The molecule has 0 atom stereocenters. The lowest BCUT2D eigenvalue weighted by Gasteiger charge is -2.27. The number of hydrogen-bond acceptors (Lipinski definition) is 5. The number of imidazole rings is 1. The van der Waals surface area contributed by atoms with Crippen molar-refractivity contribution in [2.75, 3.05) is 17.2 Å². The lowest BCUT2D eigenvalue weighted by atomic mass is 9.99. The van der Waals surface area contributed by atoms with Gasteiger partial charge in [0.2, 0.25) is 5.95 Å². The SMILES string of the molecule is CCNc1nc(NC(C)(C)C2CC2)c2[nH]cnc2n1. The molecule has 0 aliphatic heterocycles. The average molecular weight is 260 g/mol. The van der Waals surface area contributed by atoms with Crippen molar-refractivity contribution in [1.82, 2.24) is 19.9 Å². The number of anilines is 2. The van der Waals surface area contributed by atoms with Gasteiger partial charge in [-0.2, -0.15) is 9.97 Å². The zero-order chi connectivity index (χ0) is 13.5. The van der Waals surface area contributed by atoms with Crippen molar-refractivity contribution >= 4 is 22.9 Å². The molecule has 0 radical (unpaired) electrons. The first kappa shape index (κ1) is 12.2. The first-order valence-corrected chi connectivity index (χ1v) is 6.83. The third-order valence-electron chi connectivity index (χ3n) is 3.66. The highest BCUT2D eigenvalue weighted by Crippen LogP contribution is 2.41. The molecule has 1 saturated carbocycles. The Hall–Kier alpha value is -1.85. The van der Waals surface area contributed by atoms with Crippen LogP contribution in [0.5, 0.6) is 0 Å². The van der Waals surface area contributed by atoms with Crippen molar-refractivity contribution in [3.63, 3.8) is 0 Å². The van der Waals surface area contributed by atoms with Gasteiger partial charge in [-0.3, -0.25) is 0 Å². The Balaban J connectivity index is 1.98. The van der Waals surface area contributed by atoms with E-state index in [1.54, 1.807) is 6.33 Å². The summed E-state index contributed by atoms with van der Waals surface area (Å²) in [5.74, 6) is 2.18. The Morgan fingerprint density at radius 1 is 1.37 bits per heavy atom. The third-order valence-corrected chi connectivity index (χ3v) is 3.66. The van der Waals surface area contributed by atoms with Crippen LogP contribution < -0.4 is 10.6 Å². The van der Waals surface area contributed by atoms with E-state index < -0.39 is 0 Å². The van der Waals surface area contributed by atoms with Crippen molar-refractivity contribution < 1.29 is 0 Å². The molecule has 3 rings (SSSR count). The number of fused-ring (bicyclic) bond motifs is 1. The summed E-state index contributed by atoms with van der Waals surface area (Å²) in [5, 5.41) is 6.69. The van der Waals surface area contributed by atoms with Gasteiger partial charge in [-0.15, -0.1) is 0 Å². The van der Waals surface area contributed by atoms with Gasteiger partial charge in [-0.05, 0) is 39.5 Å². The Labute approximate surface area is 112 Å². The maximum atomic E-state index is 4.55. The molecule has 6 heteroatoms. The van der Waals surface area contributed by atoms with Crippen molar-refractivity contribution in [2.24, 2.45) is 5.92 Å². The zero-order valence-electron chi connectivity index (χ0n) is 11.6. The van der Waals surface area contributed by atoms with E-state index >= 15 is 0 Å². The van der Waals surface area contributed by atoms with Gasteiger partial charge >= 0.3 is 0 Å². The van der Waals surface area contributed by atoms with E-state index in [0.29, 0.717) is 11.6 Å². The molecule has 3 N–H and O–H groups in total. The zero-order valence-corrected chi connectivity index (χ0v) is 11.6. The van der Waals surface area contributed by atoms with Crippen LogP contribution in [-0.2, 0) is 0 Å². The molecule has 0 spiro atoms. The van der Waals surface area contributed by atoms with Gasteiger partial charge in [0.05, 0.1) is 6.33 Å². The minimum Gasteiger partial charge on any atom is -0.363 e. The molecule has 2 aromatic heterocycles. The first-order chi connectivity index (χ1) is 9.10. The molecule has 1 aliphatic carbocycles. The summed E-state index contributed by atoms with van der Waals surface area (Å²) < 4.78 is 0. The predicted octanol–water partition coefficient (Wildman–Crippen LogP) is 2.39. The lowest BCUT2D eigenvalue weighted by Crippen LogP contribution is -2.34. The number of hydrogen-bond donors (Lipinski definition) is 3. The van der Waals surface area contributed by atoms with Gasteiger partial charge in [0.25, 0.3) is 0 Å². The Morgan fingerprint density at radius 3 is 2.84 bits per heavy atom. The van der Waals surface area contributed by atoms with E-state index in [1.807, 2.05) is 6.92 Å². The van der Waals surface area contributed by atoms with Gasteiger partial charge in [0, 0.05) is 12.1 Å². The highest BCUT2D eigenvalue weighted by molar-refractivity contribution is 5.84. The molecule has 0 saturated heterocycles. The first-order valence-electron chi connectivity index (χ1n) is 6.83. The van der Waals surface area contributed by atoms with Gasteiger partial charge in [0.15, 0.2) is 11.5 Å². The number of aromatic amines is 1. The second-order valence-electron chi connectivity index (χ2n) is 5.65. The fourth-order valence-electron chi connectivity index (χ4n) is 2.37. The van der Waals surface area contributed by atoms with Crippen LogP contribution in [0.4, 0.5) is 11.8 Å². The maximum absolute atomic E-state index is 4.55. The van der Waals surface area contributed by atoms with Crippen molar-refractivity contribution in [3.05, 3.63) is 6.33 Å². The molecule has 1 fully saturated rings. The summed E-state index contributed by atoms with van der Waals surface area (Å²) in [4.78, 5) is 16.3. The summed E-state index contributed by atoms with van der Waals surface area (Å²) in [7, 11) is 0. The van der Waals surface area contributed by atoms with Gasteiger partial charge in [-0.25, -0.2) is 4.98 Å². The fraction of sp³-hybridized carbons (Fsp3) is 0.615. The summed E-state index contributed by atoms with van der Waals surface area (Å²) in [6, 6.07) is 0. The Morgan fingerprint density at radius 2 is 2.16 bits per heavy atom. The molecule has 2 heterocycles. The molecule has 0 bridgehead atoms. The van der Waals surface area contributed by atoms with Gasteiger partial charge < -0.3 is 15.6 Å². The normalized spacial score (nSPS) is 15.7. The highest BCUT2D eigenvalue weighted by atomic mass is 15.2. The second kappa shape index (κ2) is 4.36. The molecule has 102 valence electrons. The molecule has 0 amide bonds. The molecule has 0 unspecified atom stereocenters. The molecule has 6 nitrogen and oxygen atoms in total. The average Bonchev–Trinajstić information content (AvgIpc) is 3.10. The summed E-state index contributed by atoms with van der Waals surface area (Å²) >= 11 is 0. The fourth-order valence-corrected chi connectivity index (χ4v) is 2.37. The lowest BCUT2D eigenvalue weighted by molar-refractivity contribution is 0.493. The van der Waals surface area contributed by atoms with Crippen molar-refractivity contribution in [1.29, 1.82) is 0 Å².